The Hall–Kier alpha value is -2.05. The van der Waals surface area contributed by atoms with Crippen molar-refractivity contribution >= 4 is 11.9 Å². The van der Waals surface area contributed by atoms with Crippen LogP contribution in [0.2, 0.25) is 0 Å². The van der Waals surface area contributed by atoms with Gasteiger partial charge in [-0.2, -0.15) is 13.2 Å². The number of rotatable bonds is 3. The molecule has 2 aliphatic rings. The van der Waals surface area contributed by atoms with Gasteiger partial charge < -0.3 is 10.0 Å². The molecule has 1 aromatic carbocycles. The largest absolute Gasteiger partial charge is 0.481 e. The minimum atomic E-state index is -4.44. The number of hydrogen-bond acceptors (Lipinski definition) is 2. The summed E-state index contributed by atoms with van der Waals surface area (Å²) in [6.45, 7) is 0.688. The Labute approximate surface area is 143 Å². The molecule has 1 heterocycles. The van der Waals surface area contributed by atoms with Crippen LogP contribution < -0.4 is 0 Å². The molecule has 0 aromatic heterocycles. The van der Waals surface area contributed by atoms with E-state index in [1.54, 1.807) is 11.0 Å². The molecule has 0 atom stereocenters. The van der Waals surface area contributed by atoms with Gasteiger partial charge in [-0.15, -0.1) is 0 Å². The summed E-state index contributed by atoms with van der Waals surface area (Å²) >= 11 is 0. The number of amides is 1. The molecular weight excluding hydrogens is 335 g/mol. The van der Waals surface area contributed by atoms with Gasteiger partial charge in [0.05, 0.1) is 16.9 Å². The first kappa shape index (κ1) is 17.8. The number of carbonyl (C=O) groups excluding carboxylic acids is 1. The van der Waals surface area contributed by atoms with Gasteiger partial charge in [0.2, 0.25) is 5.91 Å². The normalized spacial score (nSPS) is 20.8. The number of piperidine rings is 1. The molecule has 1 aromatic rings. The minimum Gasteiger partial charge on any atom is -0.481 e. The van der Waals surface area contributed by atoms with Gasteiger partial charge in [0.15, 0.2) is 0 Å². The van der Waals surface area contributed by atoms with Crippen molar-refractivity contribution in [2.24, 2.45) is 5.92 Å². The van der Waals surface area contributed by atoms with E-state index in [9.17, 15) is 22.8 Å². The monoisotopic (exact) mass is 355 g/mol. The fourth-order valence-corrected chi connectivity index (χ4v) is 3.78. The summed E-state index contributed by atoms with van der Waals surface area (Å²) in [5.41, 5.74) is -1.22. The molecule has 3 rings (SSSR count). The maximum atomic E-state index is 13.0. The van der Waals surface area contributed by atoms with Crippen molar-refractivity contribution in [1.82, 2.24) is 4.90 Å². The Balaban J connectivity index is 1.82. The predicted molar refractivity (Wildman–Crippen MR) is 83.9 cm³/mol. The molecule has 1 amide bonds. The lowest BCUT2D eigenvalue weighted by Gasteiger charge is -2.45. The highest BCUT2D eigenvalue weighted by Gasteiger charge is 2.49. The number of nitrogens with zero attached hydrogens (tertiary/aromatic N) is 1. The van der Waals surface area contributed by atoms with Crippen LogP contribution in [0.3, 0.4) is 0 Å². The second kappa shape index (κ2) is 6.35. The van der Waals surface area contributed by atoms with E-state index in [0.717, 1.165) is 18.6 Å². The van der Waals surface area contributed by atoms with Crippen LogP contribution in [0.25, 0.3) is 0 Å². The van der Waals surface area contributed by atoms with Crippen molar-refractivity contribution in [2.45, 2.75) is 43.7 Å². The number of alkyl halides is 3. The van der Waals surface area contributed by atoms with Crippen molar-refractivity contribution in [3.63, 3.8) is 0 Å². The summed E-state index contributed by atoms with van der Waals surface area (Å²) in [4.78, 5) is 25.7. The third kappa shape index (κ3) is 3.24. The molecule has 136 valence electrons. The smallest absolute Gasteiger partial charge is 0.416 e. The second-order valence-electron chi connectivity index (χ2n) is 6.92. The van der Waals surface area contributed by atoms with E-state index in [2.05, 4.69) is 0 Å². The number of carboxylic acid groups (broad SMARTS) is 1. The maximum Gasteiger partial charge on any atom is 0.416 e. The van der Waals surface area contributed by atoms with Gasteiger partial charge in [0.25, 0.3) is 0 Å². The standard InChI is InChI=1S/C18H20F3NO3/c19-18(20,21)14-4-1-3-13(11-14)17(7-2-8-17)16(25)22-9-5-12(6-10-22)15(23)24/h1,3-4,11-12H,2,5-10H2,(H,23,24). The number of likely N-dealkylation sites (tertiary alicyclic amines) is 1. The van der Waals surface area contributed by atoms with E-state index in [0.29, 0.717) is 44.3 Å². The molecule has 1 saturated carbocycles. The lowest BCUT2D eigenvalue weighted by Crippen LogP contribution is -2.53. The van der Waals surface area contributed by atoms with E-state index >= 15 is 0 Å². The highest BCUT2D eigenvalue weighted by molar-refractivity contribution is 5.89. The first-order valence-electron chi connectivity index (χ1n) is 8.44. The van der Waals surface area contributed by atoms with E-state index in [1.165, 1.54) is 6.07 Å². The second-order valence-corrected chi connectivity index (χ2v) is 6.92. The fraction of sp³-hybridized carbons (Fsp3) is 0.556. The summed E-state index contributed by atoms with van der Waals surface area (Å²) in [7, 11) is 0. The van der Waals surface area contributed by atoms with E-state index in [4.69, 9.17) is 5.11 Å². The lowest BCUT2D eigenvalue weighted by molar-refractivity contribution is -0.148. The highest BCUT2D eigenvalue weighted by atomic mass is 19.4. The first-order valence-corrected chi connectivity index (χ1v) is 8.44. The Bertz CT molecular complexity index is 674. The fourth-order valence-electron chi connectivity index (χ4n) is 3.78. The van der Waals surface area contributed by atoms with Gasteiger partial charge in [-0.3, -0.25) is 9.59 Å². The third-order valence-corrected chi connectivity index (χ3v) is 5.49. The summed E-state index contributed by atoms with van der Waals surface area (Å²) in [6, 6.07) is 5.04. The summed E-state index contributed by atoms with van der Waals surface area (Å²) in [6.07, 6.45) is -1.80. The van der Waals surface area contributed by atoms with Gasteiger partial charge in [0.1, 0.15) is 0 Å². The molecule has 0 radical (unpaired) electrons. The molecule has 2 fully saturated rings. The average Bonchev–Trinajstić information content (AvgIpc) is 2.53. The summed E-state index contributed by atoms with van der Waals surface area (Å²) in [5, 5.41) is 9.06. The zero-order valence-corrected chi connectivity index (χ0v) is 13.7. The highest BCUT2D eigenvalue weighted by Crippen LogP contribution is 2.46. The first-order chi connectivity index (χ1) is 11.7. The van der Waals surface area contributed by atoms with E-state index in [1.807, 2.05) is 0 Å². The lowest BCUT2D eigenvalue weighted by atomic mass is 9.63. The van der Waals surface area contributed by atoms with Crippen LogP contribution in [-0.2, 0) is 21.2 Å². The summed E-state index contributed by atoms with van der Waals surface area (Å²) < 4.78 is 39.0. The van der Waals surface area contributed by atoms with Crippen LogP contribution in [0.15, 0.2) is 24.3 Å². The quantitative estimate of drug-likeness (QED) is 0.903. The molecule has 7 heteroatoms. The number of carbonyl (C=O) groups is 2. The van der Waals surface area contributed by atoms with Crippen LogP contribution in [0.5, 0.6) is 0 Å². The Morgan fingerprint density at radius 2 is 1.80 bits per heavy atom. The molecule has 25 heavy (non-hydrogen) atoms. The molecule has 0 unspecified atom stereocenters. The molecule has 1 aliphatic heterocycles. The zero-order valence-electron chi connectivity index (χ0n) is 13.7. The van der Waals surface area contributed by atoms with Gasteiger partial charge in [-0.25, -0.2) is 0 Å². The van der Waals surface area contributed by atoms with E-state index in [-0.39, 0.29) is 5.91 Å². The molecule has 0 spiro atoms. The Morgan fingerprint density at radius 3 is 2.28 bits per heavy atom. The van der Waals surface area contributed by atoms with Crippen molar-refractivity contribution in [3.8, 4) is 0 Å². The molecular formula is C18H20F3NO3. The van der Waals surface area contributed by atoms with Crippen LogP contribution in [0.4, 0.5) is 13.2 Å². The molecule has 1 saturated heterocycles. The van der Waals surface area contributed by atoms with Gasteiger partial charge in [-0.05, 0) is 37.3 Å². The predicted octanol–water partition coefficient (Wildman–Crippen LogP) is 3.45. The molecule has 4 nitrogen and oxygen atoms in total. The zero-order chi connectivity index (χ0) is 18.2. The number of hydrogen-bond donors (Lipinski definition) is 1. The van der Waals surface area contributed by atoms with E-state index < -0.39 is 29.0 Å². The average molecular weight is 355 g/mol. The Morgan fingerprint density at radius 1 is 1.16 bits per heavy atom. The topological polar surface area (TPSA) is 57.6 Å². The molecule has 1 aliphatic carbocycles. The Kier molecular flexibility index (Phi) is 4.51. The summed E-state index contributed by atoms with van der Waals surface area (Å²) in [5.74, 6) is -1.47. The number of halogens is 3. The number of benzene rings is 1. The van der Waals surface area contributed by atoms with Crippen molar-refractivity contribution in [3.05, 3.63) is 35.4 Å². The van der Waals surface area contributed by atoms with Crippen LogP contribution in [-0.4, -0.2) is 35.0 Å². The molecule has 1 N–H and O–H groups in total. The minimum absolute atomic E-state index is 0.165. The van der Waals surface area contributed by atoms with Crippen LogP contribution >= 0.6 is 0 Å². The van der Waals surface area contributed by atoms with Crippen molar-refractivity contribution in [1.29, 1.82) is 0 Å². The number of aliphatic carboxylic acids is 1. The third-order valence-electron chi connectivity index (χ3n) is 5.49. The van der Waals surface area contributed by atoms with Crippen molar-refractivity contribution < 1.29 is 27.9 Å². The van der Waals surface area contributed by atoms with Crippen LogP contribution in [0.1, 0.15) is 43.2 Å². The molecule has 0 bridgehead atoms. The van der Waals surface area contributed by atoms with Crippen molar-refractivity contribution in [2.75, 3.05) is 13.1 Å². The van der Waals surface area contributed by atoms with Gasteiger partial charge in [0, 0.05) is 13.1 Å². The maximum absolute atomic E-state index is 13.0. The van der Waals surface area contributed by atoms with Gasteiger partial charge in [-0.1, -0.05) is 24.6 Å². The SMILES string of the molecule is O=C(O)C1CCN(C(=O)C2(c3cccc(C(F)(F)F)c3)CCC2)CC1. The van der Waals surface area contributed by atoms with Gasteiger partial charge >= 0.3 is 12.1 Å². The number of carboxylic acids is 1. The van der Waals surface area contributed by atoms with Crippen LogP contribution in [0, 0.1) is 5.92 Å².